The van der Waals surface area contributed by atoms with E-state index in [1.54, 1.807) is 12.1 Å². The minimum absolute atomic E-state index is 0.266. The molecule has 7 heteroatoms. The topological polar surface area (TPSA) is 59.3 Å². The van der Waals surface area contributed by atoms with Gasteiger partial charge in [-0.25, -0.2) is 0 Å². The Morgan fingerprint density at radius 2 is 2.00 bits per heavy atom. The Labute approximate surface area is 135 Å². The van der Waals surface area contributed by atoms with Crippen LogP contribution in [0.25, 0.3) is 11.6 Å². The number of halogens is 2. The number of imide groups is 1. The first kappa shape index (κ1) is 15.7. The van der Waals surface area contributed by atoms with Crippen molar-refractivity contribution in [3.8, 4) is 0 Å². The monoisotopic (exact) mass is 341 g/mol. The zero-order valence-corrected chi connectivity index (χ0v) is 12.9. The van der Waals surface area contributed by atoms with Gasteiger partial charge in [-0.3, -0.25) is 14.9 Å². The Balaban J connectivity index is 2.21. The van der Waals surface area contributed by atoms with E-state index in [1.165, 1.54) is 12.2 Å². The van der Waals surface area contributed by atoms with Crippen molar-refractivity contribution in [1.29, 1.82) is 0 Å². The molecule has 1 aromatic rings. The summed E-state index contributed by atoms with van der Waals surface area (Å²) >= 11 is 12.5. The summed E-state index contributed by atoms with van der Waals surface area (Å²) < 4.78 is 5.52. The van der Waals surface area contributed by atoms with E-state index in [4.69, 9.17) is 27.6 Å². The molecule has 0 unspecified atom stereocenters. The summed E-state index contributed by atoms with van der Waals surface area (Å²) in [6.07, 6.45) is 2.92. The van der Waals surface area contributed by atoms with Gasteiger partial charge in [0.15, 0.2) is 0 Å². The van der Waals surface area contributed by atoms with Crippen molar-refractivity contribution < 1.29 is 14.0 Å². The number of allylic oxidation sites excluding steroid dienone is 4. The molecule has 1 fully saturated rings. The molecule has 0 aliphatic carbocycles. The van der Waals surface area contributed by atoms with Crippen LogP contribution in [0.5, 0.6) is 0 Å². The van der Waals surface area contributed by atoms with E-state index in [-0.39, 0.29) is 9.94 Å². The first-order chi connectivity index (χ1) is 9.86. The van der Waals surface area contributed by atoms with Crippen molar-refractivity contribution in [1.82, 2.24) is 5.32 Å². The van der Waals surface area contributed by atoms with E-state index in [2.05, 4.69) is 18.5 Å². The van der Waals surface area contributed by atoms with Crippen molar-refractivity contribution in [2.45, 2.75) is 0 Å². The van der Waals surface area contributed by atoms with Crippen LogP contribution in [0.1, 0.15) is 11.5 Å². The minimum atomic E-state index is -0.446. The van der Waals surface area contributed by atoms with Crippen molar-refractivity contribution in [2.24, 2.45) is 0 Å². The maximum atomic E-state index is 11.4. The summed E-state index contributed by atoms with van der Waals surface area (Å²) in [6.45, 7) is 7.30. The van der Waals surface area contributed by atoms with Crippen LogP contribution < -0.4 is 5.32 Å². The van der Waals surface area contributed by atoms with Crippen molar-refractivity contribution in [2.75, 3.05) is 0 Å². The fraction of sp³-hybridized carbons (Fsp3) is 0. The molecule has 0 aromatic carbocycles. The van der Waals surface area contributed by atoms with Crippen LogP contribution in [0.2, 0.25) is 0 Å². The number of hydrogen-bond acceptors (Lipinski definition) is 4. The third-order valence-electron chi connectivity index (χ3n) is 2.41. The first-order valence-electron chi connectivity index (χ1n) is 5.63. The minimum Gasteiger partial charge on any atom is -0.457 e. The lowest BCUT2D eigenvalue weighted by atomic mass is 10.2. The van der Waals surface area contributed by atoms with Gasteiger partial charge in [-0.1, -0.05) is 36.4 Å². The SMILES string of the molecule is C=C(Cl)/C=C(/Cl)C(=C)c1ccc(/C=C2/SC(=O)NC2=O)o1. The average molecular weight is 342 g/mol. The normalized spacial score (nSPS) is 17.2. The Morgan fingerprint density at radius 3 is 2.57 bits per heavy atom. The zero-order chi connectivity index (χ0) is 15.6. The molecular weight excluding hydrogens is 333 g/mol. The maximum Gasteiger partial charge on any atom is 0.290 e. The molecule has 1 aliphatic rings. The third kappa shape index (κ3) is 3.91. The standard InChI is InChI=1S/C14H9Cl2NO3S/c1-7(15)5-10(16)8(2)11-4-3-9(20-11)6-12-13(18)17-14(19)21-12/h3-6H,1-2H2,(H,17,18,19)/b10-5+,12-6+. The highest BCUT2D eigenvalue weighted by atomic mass is 35.5. The van der Waals surface area contributed by atoms with Gasteiger partial charge in [0.1, 0.15) is 11.5 Å². The molecule has 108 valence electrons. The van der Waals surface area contributed by atoms with E-state index in [1.807, 2.05) is 0 Å². The Bertz CT molecular complexity index is 716. The molecule has 4 nitrogen and oxygen atoms in total. The predicted octanol–water partition coefficient (Wildman–Crippen LogP) is 4.49. The second-order valence-electron chi connectivity index (χ2n) is 3.97. The van der Waals surface area contributed by atoms with E-state index in [0.29, 0.717) is 22.1 Å². The fourth-order valence-corrected chi connectivity index (χ4v) is 2.54. The lowest BCUT2D eigenvalue weighted by Gasteiger charge is -2.00. The molecule has 0 radical (unpaired) electrons. The predicted molar refractivity (Wildman–Crippen MR) is 85.8 cm³/mol. The van der Waals surface area contributed by atoms with Crippen LogP contribution in [0, 0.1) is 0 Å². The van der Waals surface area contributed by atoms with E-state index >= 15 is 0 Å². The van der Waals surface area contributed by atoms with Crippen LogP contribution in [0.15, 0.2) is 50.8 Å². The van der Waals surface area contributed by atoms with Gasteiger partial charge < -0.3 is 4.42 Å². The van der Waals surface area contributed by atoms with Gasteiger partial charge in [0.25, 0.3) is 11.1 Å². The van der Waals surface area contributed by atoms with Gasteiger partial charge in [0, 0.05) is 16.7 Å². The number of nitrogens with one attached hydrogen (secondary N) is 1. The van der Waals surface area contributed by atoms with Crippen LogP contribution in [0.4, 0.5) is 4.79 Å². The largest absolute Gasteiger partial charge is 0.457 e. The molecule has 1 saturated heterocycles. The zero-order valence-electron chi connectivity index (χ0n) is 10.6. The van der Waals surface area contributed by atoms with Gasteiger partial charge >= 0.3 is 0 Å². The Morgan fingerprint density at radius 1 is 1.29 bits per heavy atom. The molecule has 2 rings (SSSR count). The van der Waals surface area contributed by atoms with Gasteiger partial charge in [0.05, 0.1) is 9.94 Å². The average Bonchev–Trinajstić information content (AvgIpc) is 2.95. The Kier molecular flexibility index (Phi) is 4.77. The van der Waals surface area contributed by atoms with Crippen molar-refractivity contribution in [3.05, 3.63) is 57.9 Å². The van der Waals surface area contributed by atoms with Crippen LogP contribution in [-0.4, -0.2) is 11.1 Å². The van der Waals surface area contributed by atoms with Gasteiger partial charge in [-0.2, -0.15) is 0 Å². The molecule has 0 saturated carbocycles. The van der Waals surface area contributed by atoms with Crippen LogP contribution >= 0.6 is 35.0 Å². The number of amides is 2. The summed E-state index contributed by atoms with van der Waals surface area (Å²) in [5.41, 5.74) is 0.433. The van der Waals surface area contributed by atoms with Gasteiger partial charge in [-0.05, 0) is 30.0 Å². The van der Waals surface area contributed by atoms with E-state index in [0.717, 1.165) is 11.8 Å². The summed E-state index contributed by atoms with van der Waals surface area (Å²) in [5, 5.41) is 2.32. The summed E-state index contributed by atoms with van der Waals surface area (Å²) in [5.74, 6) is 0.390. The number of carbonyl (C=O) groups is 2. The summed E-state index contributed by atoms with van der Waals surface area (Å²) in [4.78, 5) is 22.7. The number of thioether (sulfide) groups is 1. The highest BCUT2D eigenvalue weighted by molar-refractivity contribution is 8.18. The molecule has 0 spiro atoms. The highest BCUT2D eigenvalue weighted by Crippen LogP contribution is 2.30. The van der Waals surface area contributed by atoms with Crippen molar-refractivity contribution >= 4 is 57.8 Å². The smallest absolute Gasteiger partial charge is 0.290 e. The lowest BCUT2D eigenvalue weighted by Crippen LogP contribution is -2.17. The molecule has 1 aliphatic heterocycles. The Hall–Kier alpha value is -1.69. The lowest BCUT2D eigenvalue weighted by molar-refractivity contribution is -0.115. The second kappa shape index (κ2) is 6.39. The second-order valence-corrected chi connectivity index (χ2v) is 5.88. The first-order valence-corrected chi connectivity index (χ1v) is 7.20. The summed E-state index contributed by atoms with van der Waals surface area (Å²) in [6, 6.07) is 3.30. The number of rotatable bonds is 4. The van der Waals surface area contributed by atoms with E-state index in [9.17, 15) is 9.59 Å². The van der Waals surface area contributed by atoms with Gasteiger partial charge in [0.2, 0.25) is 0 Å². The fourth-order valence-electron chi connectivity index (χ4n) is 1.49. The molecule has 0 bridgehead atoms. The summed E-state index contributed by atoms with van der Waals surface area (Å²) in [7, 11) is 0. The molecule has 2 heterocycles. The number of carbonyl (C=O) groups excluding carboxylic acids is 2. The van der Waals surface area contributed by atoms with Gasteiger partial charge in [-0.15, -0.1) is 0 Å². The highest BCUT2D eigenvalue weighted by Gasteiger charge is 2.25. The van der Waals surface area contributed by atoms with Crippen LogP contribution in [-0.2, 0) is 4.79 Å². The molecule has 0 atom stereocenters. The number of hydrogen-bond donors (Lipinski definition) is 1. The molecule has 1 aromatic heterocycles. The molecule has 2 amide bonds. The molecule has 1 N–H and O–H groups in total. The van der Waals surface area contributed by atoms with Crippen molar-refractivity contribution in [3.63, 3.8) is 0 Å². The van der Waals surface area contributed by atoms with Crippen LogP contribution in [0.3, 0.4) is 0 Å². The number of furan rings is 1. The van der Waals surface area contributed by atoms with E-state index < -0.39 is 11.1 Å². The molecule has 21 heavy (non-hydrogen) atoms. The molecular formula is C14H9Cl2NO3S. The maximum absolute atomic E-state index is 11.4. The third-order valence-corrected chi connectivity index (χ3v) is 3.67. The quantitative estimate of drug-likeness (QED) is 0.647.